The largest absolute Gasteiger partial charge is 0.494 e. The number of rotatable bonds is 5. The number of anilines is 2. The number of hydrogen-bond donors (Lipinski definition) is 1. The van der Waals surface area contributed by atoms with Gasteiger partial charge in [0.15, 0.2) is 11.6 Å². The summed E-state index contributed by atoms with van der Waals surface area (Å²) in [6.45, 7) is 3.98. The van der Waals surface area contributed by atoms with Crippen LogP contribution in [0.3, 0.4) is 0 Å². The summed E-state index contributed by atoms with van der Waals surface area (Å²) in [5.74, 6) is 0.472. The van der Waals surface area contributed by atoms with E-state index >= 15 is 0 Å². The minimum atomic E-state index is -0.435. The molecule has 2 heterocycles. The maximum Gasteiger partial charge on any atom is 0.255 e. The number of aromatic nitrogens is 1. The van der Waals surface area contributed by atoms with Crippen molar-refractivity contribution in [2.75, 3.05) is 30.4 Å². The van der Waals surface area contributed by atoms with Gasteiger partial charge in [-0.25, -0.2) is 9.37 Å². The number of amides is 1. The molecule has 166 valence electrons. The predicted octanol–water partition coefficient (Wildman–Crippen LogP) is 5.84. The lowest BCUT2D eigenvalue weighted by molar-refractivity contribution is 0.102. The van der Waals surface area contributed by atoms with Crippen LogP contribution in [-0.2, 0) is 0 Å². The molecular formula is C26H28FN3O2. The minimum absolute atomic E-state index is 0.191. The van der Waals surface area contributed by atoms with E-state index in [0.717, 1.165) is 30.0 Å². The second-order valence-electron chi connectivity index (χ2n) is 8.14. The molecule has 0 bridgehead atoms. The van der Waals surface area contributed by atoms with Crippen LogP contribution in [0.25, 0.3) is 11.1 Å². The van der Waals surface area contributed by atoms with Gasteiger partial charge in [-0.15, -0.1) is 0 Å². The first kappa shape index (κ1) is 21.8. The van der Waals surface area contributed by atoms with Gasteiger partial charge in [0.05, 0.1) is 19.0 Å². The second kappa shape index (κ2) is 9.81. The summed E-state index contributed by atoms with van der Waals surface area (Å²) >= 11 is 0. The van der Waals surface area contributed by atoms with E-state index in [9.17, 15) is 9.18 Å². The lowest BCUT2D eigenvalue weighted by Crippen LogP contribution is -2.24. The van der Waals surface area contributed by atoms with Crippen molar-refractivity contribution in [2.45, 2.75) is 32.6 Å². The van der Waals surface area contributed by atoms with Crippen molar-refractivity contribution in [2.24, 2.45) is 0 Å². The zero-order chi connectivity index (χ0) is 22.5. The van der Waals surface area contributed by atoms with Crippen molar-refractivity contribution < 1.29 is 13.9 Å². The molecule has 1 aromatic heterocycles. The number of hydrogen-bond acceptors (Lipinski definition) is 4. The number of nitrogens with zero attached hydrogens (tertiary/aromatic N) is 2. The van der Waals surface area contributed by atoms with Gasteiger partial charge in [-0.2, -0.15) is 0 Å². The summed E-state index contributed by atoms with van der Waals surface area (Å²) in [5.41, 5.74) is 3.59. The number of nitrogens with one attached hydrogen (secondary N) is 1. The van der Waals surface area contributed by atoms with Crippen LogP contribution in [0.1, 0.15) is 41.6 Å². The van der Waals surface area contributed by atoms with Crippen LogP contribution in [0.5, 0.6) is 5.75 Å². The first-order valence-electron chi connectivity index (χ1n) is 11.0. The number of ether oxygens (including phenoxy) is 1. The van der Waals surface area contributed by atoms with E-state index in [1.165, 1.54) is 38.9 Å². The Balaban J connectivity index is 1.50. The first-order valence-corrected chi connectivity index (χ1v) is 11.0. The molecular weight excluding hydrogens is 405 g/mol. The topological polar surface area (TPSA) is 54.5 Å². The standard InChI is InChI=1S/C26H28FN3O2/c1-18-7-8-20(15-22(18)19-9-11-24(32-2)23(27)16-19)26(31)29-21-10-12-25(28-17-21)30-13-5-3-4-6-14-30/h7-12,15-17H,3-6,13-14H2,1-2H3,(H,29,31). The number of aryl methyl sites for hydroxylation is 1. The van der Waals surface area contributed by atoms with Crippen LogP contribution in [0.2, 0.25) is 0 Å². The molecule has 0 unspecified atom stereocenters. The summed E-state index contributed by atoms with van der Waals surface area (Å²) in [6.07, 6.45) is 6.62. The number of pyridine rings is 1. The molecule has 0 atom stereocenters. The summed E-state index contributed by atoms with van der Waals surface area (Å²) in [7, 11) is 1.43. The fourth-order valence-electron chi connectivity index (χ4n) is 4.06. The highest BCUT2D eigenvalue weighted by Gasteiger charge is 2.14. The van der Waals surface area contributed by atoms with E-state index in [2.05, 4.69) is 15.2 Å². The van der Waals surface area contributed by atoms with Gasteiger partial charge in [0.25, 0.3) is 5.91 Å². The molecule has 0 radical (unpaired) electrons. The highest BCUT2D eigenvalue weighted by atomic mass is 19.1. The van der Waals surface area contributed by atoms with Gasteiger partial charge < -0.3 is 15.0 Å². The van der Waals surface area contributed by atoms with Crippen LogP contribution in [0.4, 0.5) is 15.9 Å². The van der Waals surface area contributed by atoms with E-state index in [0.29, 0.717) is 16.8 Å². The molecule has 1 amide bonds. The fraction of sp³-hybridized carbons (Fsp3) is 0.308. The van der Waals surface area contributed by atoms with E-state index in [1.807, 2.05) is 25.1 Å². The van der Waals surface area contributed by atoms with Crippen molar-refractivity contribution >= 4 is 17.4 Å². The van der Waals surface area contributed by atoms with E-state index in [-0.39, 0.29) is 11.7 Å². The van der Waals surface area contributed by atoms with Crippen LogP contribution in [-0.4, -0.2) is 31.1 Å². The Hall–Kier alpha value is -3.41. The predicted molar refractivity (Wildman–Crippen MR) is 126 cm³/mol. The zero-order valence-electron chi connectivity index (χ0n) is 18.5. The van der Waals surface area contributed by atoms with Gasteiger partial charge in [0.2, 0.25) is 0 Å². The number of benzene rings is 2. The molecule has 4 rings (SSSR count). The molecule has 0 aliphatic carbocycles. The lowest BCUT2D eigenvalue weighted by Gasteiger charge is -2.21. The van der Waals surface area contributed by atoms with Crippen molar-refractivity contribution in [3.8, 4) is 16.9 Å². The monoisotopic (exact) mass is 433 g/mol. The van der Waals surface area contributed by atoms with E-state index < -0.39 is 5.82 Å². The van der Waals surface area contributed by atoms with Crippen molar-refractivity contribution in [3.05, 3.63) is 71.7 Å². The minimum Gasteiger partial charge on any atom is -0.494 e. The SMILES string of the molecule is COc1ccc(-c2cc(C(=O)Nc3ccc(N4CCCCCC4)nc3)ccc2C)cc1F. The molecule has 0 spiro atoms. The number of methoxy groups -OCH3 is 1. The van der Waals surface area contributed by atoms with Crippen LogP contribution < -0.4 is 15.0 Å². The Morgan fingerprint density at radius 3 is 2.47 bits per heavy atom. The number of halogens is 1. The Kier molecular flexibility index (Phi) is 6.69. The molecule has 3 aromatic rings. The van der Waals surface area contributed by atoms with Gasteiger partial charge in [-0.05, 0) is 72.9 Å². The van der Waals surface area contributed by atoms with Gasteiger partial charge in [-0.3, -0.25) is 4.79 Å². The van der Waals surface area contributed by atoms with Crippen molar-refractivity contribution in [1.29, 1.82) is 0 Å². The van der Waals surface area contributed by atoms with Gasteiger partial charge >= 0.3 is 0 Å². The Labute approximate surface area is 188 Å². The van der Waals surface area contributed by atoms with Crippen molar-refractivity contribution in [3.63, 3.8) is 0 Å². The molecule has 32 heavy (non-hydrogen) atoms. The smallest absolute Gasteiger partial charge is 0.255 e. The summed E-state index contributed by atoms with van der Waals surface area (Å²) in [4.78, 5) is 19.7. The molecule has 0 saturated carbocycles. The third-order valence-electron chi connectivity index (χ3n) is 5.90. The third kappa shape index (κ3) is 4.90. The summed E-state index contributed by atoms with van der Waals surface area (Å²) < 4.78 is 19.2. The molecule has 6 heteroatoms. The fourth-order valence-corrected chi connectivity index (χ4v) is 4.06. The molecule has 5 nitrogen and oxygen atoms in total. The molecule has 1 N–H and O–H groups in total. The first-order chi connectivity index (χ1) is 15.5. The van der Waals surface area contributed by atoms with Crippen molar-refractivity contribution in [1.82, 2.24) is 4.98 Å². The van der Waals surface area contributed by atoms with E-state index in [1.54, 1.807) is 30.5 Å². The molecule has 1 aliphatic rings. The summed E-state index contributed by atoms with van der Waals surface area (Å²) in [6, 6.07) is 14.1. The van der Waals surface area contributed by atoms with Gasteiger partial charge in [0.1, 0.15) is 5.82 Å². The number of carbonyl (C=O) groups excluding carboxylic acids is 1. The van der Waals surface area contributed by atoms with E-state index in [4.69, 9.17) is 4.74 Å². The summed E-state index contributed by atoms with van der Waals surface area (Å²) in [5, 5.41) is 2.91. The molecule has 1 fully saturated rings. The van der Waals surface area contributed by atoms with Gasteiger partial charge in [-0.1, -0.05) is 25.0 Å². The quantitative estimate of drug-likeness (QED) is 0.549. The average molecular weight is 434 g/mol. The molecule has 2 aromatic carbocycles. The highest BCUT2D eigenvalue weighted by molar-refractivity contribution is 6.05. The third-order valence-corrected chi connectivity index (χ3v) is 5.90. The Bertz CT molecular complexity index is 1090. The zero-order valence-corrected chi connectivity index (χ0v) is 18.5. The average Bonchev–Trinajstić information content (AvgIpc) is 3.09. The Morgan fingerprint density at radius 2 is 1.81 bits per heavy atom. The van der Waals surface area contributed by atoms with Crippen LogP contribution in [0, 0.1) is 12.7 Å². The Morgan fingerprint density at radius 1 is 1.03 bits per heavy atom. The highest BCUT2D eigenvalue weighted by Crippen LogP contribution is 2.29. The van der Waals surface area contributed by atoms with Crippen LogP contribution in [0.15, 0.2) is 54.7 Å². The van der Waals surface area contributed by atoms with Crippen LogP contribution >= 0.6 is 0 Å². The molecule has 1 aliphatic heterocycles. The normalized spacial score (nSPS) is 14.0. The lowest BCUT2D eigenvalue weighted by atomic mass is 9.97. The van der Waals surface area contributed by atoms with Gasteiger partial charge in [0, 0.05) is 18.7 Å². The number of carbonyl (C=O) groups is 1. The second-order valence-corrected chi connectivity index (χ2v) is 8.14. The maximum absolute atomic E-state index is 14.2. The molecule has 1 saturated heterocycles. The maximum atomic E-state index is 14.2.